The number of aromatic nitrogens is 2. The molecule has 158 valence electrons. The average molecular weight is 437 g/mol. The van der Waals surface area contributed by atoms with Gasteiger partial charge in [0, 0.05) is 31.2 Å². The Kier molecular flexibility index (Phi) is 7.12. The van der Waals surface area contributed by atoms with Gasteiger partial charge in [-0.15, -0.1) is 0 Å². The van der Waals surface area contributed by atoms with Gasteiger partial charge in [-0.3, -0.25) is 4.79 Å². The van der Waals surface area contributed by atoms with Crippen molar-refractivity contribution in [3.05, 3.63) is 39.6 Å². The second-order valence-electron chi connectivity index (χ2n) is 7.49. The normalized spacial score (nSPS) is 15.0. The molecule has 0 bridgehead atoms. The van der Waals surface area contributed by atoms with E-state index in [4.69, 9.17) is 23.2 Å². The molecule has 1 fully saturated rings. The zero-order valence-electron chi connectivity index (χ0n) is 17.7. The average Bonchev–Trinajstić information content (AvgIpc) is 3.26. The molecule has 1 aliphatic carbocycles. The lowest BCUT2D eigenvalue weighted by Gasteiger charge is -2.22. The summed E-state index contributed by atoms with van der Waals surface area (Å²) in [5.74, 6) is 1.53. The Balaban J connectivity index is 0.00000117. The third-order valence-corrected chi connectivity index (χ3v) is 5.79. The van der Waals surface area contributed by atoms with E-state index in [1.165, 1.54) is 12.8 Å². The van der Waals surface area contributed by atoms with Crippen LogP contribution >= 0.6 is 23.2 Å². The lowest BCUT2D eigenvalue weighted by Crippen LogP contribution is -2.34. The van der Waals surface area contributed by atoms with E-state index in [1.807, 2.05) is 36.3 Å². The molecule has 1 aromatic heterocycles. The van der Waals surface area contributed by atoms with Crippen molar-refractivity contribution in [1.29, 1.82) is 0 Å². The lowest BCUT2D eigenvalue weighted by molar-refractivity contribution is 0.0737. The zero-order chi connectivity index (χ0) is 21.1. The third-order valence-electron chi connectivity index (χ3n) is 5.29. The summed E-state index contributed by atoms with van der Waals surface area (Å²) in [4.78, 5) is 21.8. The molecule has 1 aromatic carbocycles. The summed E-state index contributed by atoms with van der Waals surface area (Å²) in [6, 6.07) is 3.65. The molecule has 0 spiro atoms. The van der Waals surface area contributed by atoms with Gasteiger partial charge < -0.3 is 14.4 Å². The fraction of sp³-hybridized carbons (Fsp3) is 0.545. The molecule has 0 atom stereocenters. The Morgan fingerprint density at radius 1 is 1.24 bits per heavy atom. The molecule has 0 saturated heterocycles. The van der Waals surface area contributed by atoms with Crippen LogP contribution in [0.3, 0.4) is 0 Å². The van der Waals surface area contributed by atoms with Gasteiger partial charge in [0.05, 0.1) is 16.9 Å². The number of carbonyl (C=O) groups excluding carboxylic acids is 1. The Bertz CT molecular complexity index is 853. The number of hydrogen-bond donors (Lipinski definition) is 0. The van der Waals surface area contributed by atoms with Crippen molar-refractivity contribution in [1.82, 2.24) is 14.5 Å². The van der Waals surface area contributed by atoms with Crippen LogP contribution in [0.25, 0.3) is 0 Å². The summed E-state index contributed by atoms with van der Waals surface area (Å²) in [5.41, 5.74) is 2.58. The molecule has 0 N–H and O–H groups in total. The number of fused-ring (bicyclic) bond motifs is 1. The summed E-state index contributed by atoms with van der Waals surface area (Å²) in [6.45, 7) is 11.2. The van der Waals surface area contributed by atoms with Crippen molar-refractivity contribution in [3.63, 3.8) is 0 Å². The Hall–Kier alpha value is -1.72. The molecule has 1 aliphatic heterocycles. The first-order chi connectivity index (χ1) is 14.0. The molecule has 0 radical (unpaired) electrons. The highest BCUT2D eigenvalue weighted by Crippen LogP contribution is 2.39. The maximum Gasteiger partial charge on any atom is 0.272 e. The van der Waals surface area contributed by atoms with Crippen LogP contribution in [-0.2, 0) is 6.54 Å². The minimum Gasteiger partial charge on any atom is -0.337 e. The second kappa shape index (κ2) is 9.40. The Morgan fingerprint density at radius 2 is 1.97 bits per heavy atom. The van der Waals surface area contributed by atoms with Gasteiger partial charge in [-0.1, -0.05) is 44.0 Å². The number of carbonyl (C=O) groups is 1. The van der Waals surface area contributed by atoms with Crippen molar-refractivity contribution in [3.8, 4) is 0 Å². The van der Waals surface area contributed by atoms with Gasteiger partial charge in [-0.25, -0.2) is 4.98 Å². The van der Waals surface area contributed by atoms with Gasteiger partial charge in [-0.2, -0.15) is 0 Å². The van der Waals surface area contributed by atoms with Crippen molar-refractivity contribution in [2.45, 2.75) is 53.5 Å². The minimum atomic E-state index is 0.0864. The van der Waals surface area contributed by atoms with Crippen LogP contribution < -0.4 is 4.90 Å². The number of benzene rings is 1. The van der Waals surface area contributed by atoms with Gasteiger partial charge in [-0.05, 0) is 49.8 Å². The number of nitrogens with zero attached hydrogens (tertiary/aromatic N) is 4. The van der Waals surface area contributed by atoms with Gasteiger partial charge in [0.15, 0.2) is 0 Å². The molecule has 4 rings (SSSR count). The molecule has 1 amide bonds. The largest absolute Gasteiger partial charge is 0.337 e. The monoisotopic (exact) mass is 436 g/mol. The van der Waals surface area contributed by atoms with E-state index in [9.17, 15) is 4.79 Å². The molecule has 2 aromatic rings. The van der Waals surface area contributed by atoms with E-state index in [2.05, 4.69) is 16.8 Å². The zero-order valence-corrected chi connectivity index (χ0v) is 19.2. The maximum absolute atomic E-state index is 13.1. The van der Waals surface area contributed by atoms with Gasteiger partial charge in [0.25, 0.3) is 5.91 Å². The second-order valence-corrected chi connectivity index (χ2v) is 8.34. The number of anilines is 2. The van der Waals surface area contributed by atoms with Crippen molar-refractivity contribution in [2.24, 2.45) is 5.92 Å². The first-order valence-corrected chi connectivity index (χ1v) is 11.3. The highest BCUT2D eigenvalue weighted by atomic mass is 35.5. The van der Waals surface area contributed by atoms with Crippen LogP contribution in [0.4, 0.5) is 11.6 Å². The Labute approximate surface area is 183 Å². The standard InChI is InChI=1S/C20H24Cl2N4O.C2H6/c1-3-6-24(12-14-4-5-14)19(27)17-11-23-20-25(17)7-8-26(20)18-13(2)9-15(21)10-16(18)22;1-2/h9-11,14H,3-8,12H2,1-2H3;1-2H3. The summed E-state index contributed by atoms with van der Waals surface area (Å²) in [6.07, 6.45) is 5.14. The first kappa shape index (κ1) is 22.0. The number of imidazole rings is 1. The summed E-state index contributed by atoms with van der Waals surface area (Å²) in [7, 11) is 0. The molecular formula is C22H30Cl2N4O. The van der Waals surface area contributed by atoms with E-state index in [1.54, 1.807) is 12.3 Å². The van der Waals surface area contributed by atoms with Gasteiger partial charge >= 0.3 is 0 Å². The number of rotatable bonds is 6. The molecule has 7 heteroatoms. The lowest BCUT2D eigenvalue weighted by atomic mass is 10.2. The van der Waals surface area contributed by atoms with E-state index in [0.29, 0.717) is 21.7 Å². The molecule has 29 heavy (non-hydrogen) atoms. The fourth-order valence-electron chi connectivity index (χ4n) is 3.84. The van der Waals surface area contributed by atoms with Crippen LogP contribution in [-0.4, -0.2) is 40.0 Å². The van der Waals surface area contributed by atoms with Crippen molar-refractivity contribution < 1.29 is 4.79 Å². The van der Waals surface area contributed by atoms with E-state index < -0.39 is 0 Å². The minimum absolute atomic E-state index is 0.0864. The number of hydrogen-bond acceptors (Lipinski definition) is 3. The summed E-state index contributed by atoms with van der Waals surface area (Å²) in [5, 5.41) is 1.22. The highest BCUT2D eigenvalue weighted by molar-refractivity contribution is 6.36. The highest BCUT2D eigenvalue weighted by Gasteiger charge is 2.32. The summed E-state index contributed by atoms with van der Waals surface area (Å²) < 4.78 is 2.02. The van der Waals surface area contributed by atoms with Crippen molar-refractivity contribution >= 4 is 40.7 Å². The fourth-order valence-corrected chi connectivity index (χ4v) is 4.54. The molecule has 0 unspecified atom stereocenters. The van der Waals surface area contributed by atoms with Crippen LogP contribution in [0, 0.1) is 12.8 Å². The molecule has 2 aliphatic rings. The van der Waals surface area contributed by atoms with Crippen LogP contribution in [0.1, 0.15) is 56.1 Å². The number of aryl methyl sites for hydroxylation is 1. The predicted octanol–water partition coefficient (Wildman–Crippen LogP) is 5.94. The molecule has 1 saturated carbocycles. The smallest absolute Gasteiger partial charge is 0.272 e. The van der Waals surface area contributed by atoms with Gasteiger partial charge in [0.1, 0.15) is 5.69 Å². The van der Waals surface area contributed by atoms with Crippen LogP contribution in [0.5, 0.6) is 0 Å². The van der Waals surface area contributed by atoms with Crippen molar-refractivity contribution in [2.75, 3.05) is 24.5 Å². The number of amides is 1. The maximum atomic E-state index is 13.1. The third kappa shape index (κ3) is 4.56. The number of halogens is 2. The van der Waals surface area contributed by atoms with Crippen LogP contribution in [0.15, 0.2) is 18.3 Å². The summed E-state index contributed by atoms with van der Waals surface area (Å²) >= 11 is 12.6. The topological polar surface area (TPSA) is 41.4 Å². The van der Waals surface area contributed by atoms with E-state index >= 15 is 0 Å². The predicted molar refractivity (Wildman–Crippen MR) is 121 cm³/mol. The molecule has 5 nitrogen and oxygen atoms in total. The quantitative estimate of drug-likeness (QED) is 0.562. The van der Waals surface area contributed by atoms with E-state index in [0.717, 1.165) is 49.8 Å². The van der Waals surface area contributed by atoms with Crippen LogP contribution in [0.2, 0.25) is 10.0 Å². The van der Waals surface area contributed by atoms with Gasteiger partial charge in [0.2, 0.25) is 5.95 Å². The van der Waals surface area contributed by atoms with E-state index in [-0.39, 0.29) is 5.91 Å². The molecular weight excluding hydrogens is 407 g/mol. The SMILES string of the molecule is CC.CCCN(CC1CC1)C(=O)c1cnc2n1CCN2c1c(C)cc(Cl)cc1Cl. The Morgan fingerprint density at radius 3 is 2.59 bits per heavy atom. The first-order valence-electron chi connectivity index (χ1n) is 10.6. The molecule has 2 heterocycles.